The molecule has 1 amide bonds. The molecule has 0 aliphatic carbocycles. The molecule has 0 saturated carbocycles. The normalized spacial score (nSPS) is 9.82. The van der Waals surface area contributed by atoms with E-state index in [1.165, 1.54) is 0 Å². The summed E-state index contributed by atoms with van der Waals surface area (Å²) >= 11 is 0. The van der Waals surface area contributed by atoms with Gasteiger partial charge in [0.15, 0.2) is 0 Å². The molecule has 0 rings (SSSR count). The van der Waals surface area contributed by atoms with E-state index in [-0.39, 0.29) is 13.2 Å². The van der Waals surface area contributed by atoms with Crippen molar-refractivity contribution in [3.05, 3.63) is 12.7 Å². The average molecular weight is 243 g/mol. The summed E-state index contributed by atoms with van der Waals surface area (Å²) in [7, 11) is 0. The largest absolute Gasteiger partial charge is 0.459 e. The van der Waals surface area contributed by atoms with Crippen molar-refractivity contribution in [1.82, 2.24) is 5.32 Å². The Balaban J connectivity index is 3.35. The van der Waals surface area contributed by atoms with Gasteiger partial charge in [-0.25, -0.2) is 9.59 Å². The topological polar surface area (TPSA) is 64.6 Å². The molecule has 0 spiro atoms. The van der Waals surface area contributed by atoms with Crippen molar-refractivity contribution in [3.8, 4) is 0 Å². The molecule has 0 unspecified atom stereocenters. The summed E-state index contributed by atoms with van der Waals surface area (Å²) in [6.45, 7) is 8.20. The fraction of sp³-hybridized carbons (Fsp3) is 0.667. The van der Waals surface area contributed by atoms with Crippen LogP contribution >= 0.6 is 0 Å². The lowest BCUT2D eigenvalue weighted by Gasteiger charge is -2.08. The molecule has 5 nitrogen and oxygen atoms in total. The summed E-state index contributed by atoms with van der Waals surface area (Å²) in [4.78, 5) is 21.7. The van der Waals surface area contributed by atoms with E-state index in [0.717, 1.165) is 18.9 Å². The van der Waals surface area contributed by atoms with Crippen LogP contribution in [0.25, 0.3) is 0 Å². The number of esters is 1. The maximum Gasteiger partial charge on any atom is 0.407 e. The van der Waals surface area contributed by atoms with Gasteiger partial charge in [0.1, 0.15) is 13.2 Å². The second-order valence-corrected chi connectivity index (χ2v) is 3.97. The van der Waals surface area contributed by atoms with Crippen LogP contribution in [0.5, 0.6) is 0 Å². The minimum Gasteiger partial charge on any atom is -0.459 e. The predicted octanol–water partition coefficient (Wildman–Crippen LogP) is 1.88. The lowest BCUT2D eigenvalue weighted by Crippen LogP contribution is -2.27. The highest BCUT2D eigenvalue weighted by Gasteiger charge is 2.02. The zero-order chi connectivity index (χ0) is 13.1. The van der Waals surface area contributed by atoms with Crippen LogP contribution in [0.15, 0.2) is 12.7 Å². The molecule has 17 heavy (non-hydrogen) atoms. The molecule has 0 aliphatic heterocycles. The fourth-order valence-corrected chi connectivity index (χ4v) is 1.09. The highest BCUT2D eigenvalue weighted by atomic mass is 16.6. The van der Waals surface area contributed by atoms with Gasteiger partial charge in [-0.1, -0.05) is 20.4 Å². The number of rotatable bonds is 8. The standard InChI is InChI=1S/C12H21NO4/c1-4-11(14)16-8-9-17-12(15)13-7-5-6-10(2)3/h4,10H,1,5-9H2,2-3H3,(H,13,15). The molecular weight excluding hydrogens is 222 g/mol. The Labute approximate surface area is 102 Å². The van der Waals surface area contributed by atoms with Gasteiger partial charge in [0.05, 0.1) is 0 Å². The smallest absolute Gasteiger partial charge is 0.407 e. The third-order valence-electron chi connectivity index (χ3n) is 1.96. The van der Waals surface area contributed by atoms with Crippen LogP contribution in [-0.2, 0) is 14.3 Å². The highest BCUT2D eigenvalue weighted by Crippen LogP contribution is 2.01. The van der Waals surface area contributed by atoms with Crippen molar-refractivity contribution in [2.45, 2.75) is 26.7 Å². The van der Waals surface area contributed by atoms with Crippen LogP contribution in [0, 0.1) is 5.92 Å². The van der Waals surface area contributed by atoms with Gasteiger partial charge in [-0.3, -0.25) is 0 Å². The first-order chi connectivity index (χ1) is 8.06. The first kappa shape index (κ1) is 15.5. The van der Waals surface area contributed by atoms with Gasteiger partial charge in [-0.15, -0.1) is 0 Å². The van der Waals surface area contributed by atoms with Gasteiger partial charge in [-0.05, 0) is 18.8 Å². The van der Waals surface area contributed by atoms with E-state index in [2.05, 4.69) is 30.5 Å². The van der Waals surface area contributed by atoms with Crippen LogP contribution in [0.4, 0.5) is 4.79 Å². The molecule has 98 valence electrons. The molecular formula is C12H21NO4. The van der Waals surface area contributed by atoms with Gasteiger partial charge in [-0.2, -0.15) is 0 Å². The van der Waals surface area contributed by atoms with E-state index in [9.17, 15) is 9.59 Å². The van der Waals surface area contributed by atoms with Crippen LogP contribution in [-0.4, -0.2) is 31.8 Å². The number of nitrogens with one attached hydrogen (secondary N) is 1. The van der Waals surface area contributed by atoms with E-state index in [4.69, 9.17) is 4.74 Å². The maximum atomic E-state index is 11.1. The van der Waals surface area contributed by atoms with Gasteiger partial charge in [0, 0.05) is 12.6 Å². The van der Waals surface area contributed by atoms with Crippen LogP contribution in [0.3, 0.4) is 0 Å². The molecule has 0 aromatic heterocycles. The van der Waals surface area contributed by atoms with Gasteiger partial charge in [0.2, 0.25) is 0 Å². The highest BCUT2D eigenvalue weighted by molar-refractivity contribution is 5.81. The number of hydrogen-bond donors (Lipinski definition) is 1. The molecule has 0 bridgehead atoms. The second-order valence-electron chi connectivity index (χ2n) is 3.97. The molecule has 0 aliphatic rings. The van der Waals surface area contributed by atoms with Crippen molar-refractivity contribution < 1.29 is 19.1 Å². The Hall–Kier alpha value is -1.52. The van der Waals surface area contributed by atoms with E-state index in [0.29, 0.717) is 12.5 Å². The number of carbonyl (C=O) groups is 2. The SMILES string of the molecule is C=CC(=O)OCCOC(=O)NCCCC(C)C. The second kappa shape index (κ2) is 9.69. The van der Waals surface area contributed by atoms with Gasteiger partial charge >= 0.3 is 12.1 Å². The van der Waals surface area contributed by atoms with E-state index in [1.807, 2.05) is 0 Å². The number of carbonyl (C=O) groups excluding carboxylic acids is 2. The summed E-state index contributed by atoms with van der Waals surface area (Å²) in [6.07, 6.45) is 2.57. The van der Waals surface area contributed by atoms with Crippen molar-refractivity contribution in [2.75, 3.05) is 19.8 Å². The minimum absolute atomic E-state index is 0.0459. The minimum atomic E-state index is -0.522. The fourth-order valence-electron chi connectivity index (χ4n) is 1.09. The Morgan fingerprint density at radius 2 is 1.94 bits per heavy atom. The van der Waals surface area contributed by atoms with Crippen molar-refractivity contribution >= 4 is 12.1 Å². The number of alkyl carbamates (subject to hydrolysis) is 1. The van der Waals surface area contributed by atoms with Crippen LogP contribution < -0.4 is 5.32 Å². The summed E-state index contributed by atoms with van der Waals surface area (Å²) in [5.41, 5.74) is 0. The quantitative estimate of drug-likeness (QED) is 0.401. The molecule has 0 aromatic carbocycles. The first-order valence-electron chi connectivity index (χ1n) is 5.76. The lowest BCUT2D eigenvalue weighted by atomic mass is 10.1. The molecule has 0 atom stereocenters. The molecule has 0 radical (unpaired) electrons. The number of amides is 1. The Bertz CT molecular complexity index is 251. The van der Waals surface area contributed by atoms with Crippen LogP contribution in [0.1, 0.15) is 26.7 Å². The van der Waals surface area contributed by atoms with E-state index < -0.39 is 12.1 Å². The predicted molar refractivity (Wildman–Crippen MR) is 64.6 cm³/mol. The third-order valence-corrected chi connectivity index (χ3v) is 1.96. The zero-order valence-electron chi connectivity index (χ0n) is 10.5. The van der Waals surface area contributed by atoms with Crippen molar-refractivity contribution in [3.63, 3.8) is 0 Å². The lowest BCUT2D eigenvalue weighted by molar-refractivity contribution is -0.138. The number of ether oxygens (including phenoxy) is 2. The van der Waals surface area contributed by atoms with Gasteiger partial charge in [0.25, 0.3) is 0 Å². The van der Waals surface area contributed by atoms with E-state index >= 15 is 0 Å². The van der Waals surface area contributed by atoms with E-state index in [1.54, 1.807) is 0 Å². The average Bonchev–Trinajstić information content (AvgIpc) is 2.29. The summed E-state index contributed by atoms with van der Waals surface area (Å²) in [5, 5.41) is 2.62. The molecule has 1 N–H and O–H groups in total. The third kappa shape index (κ3) is 10.8. The Morgan fingerprint density at radius 1 is 1.29 bits per heavy atom. The number of hydrogen-bond acceptors (Lipinski definition) is 4. The monoisotopic (exact) mass is 243 g/mol. The van der Waals surface area contributed by atoms with Crippen molar-refractivity contribution in [1.29, 1.82) is 0 Å². The zero-order valence-corrected chi connectivity index (χ0v) is 10.5. The Kier molecular flexibility index (Phi) is 8.82. The summed E-state index contributed by atoms with van der Waals surface area (Å²) in [5.74, 6) is 0.108. The summed E-state index contributed by atoms with van der Waals surface area (Å²) in [6, 6.07) is 0. The van der Waals surface area contributed by atoms with Crippen molar-refractivity contribution in [2.24, 2.45) is 5.92 Å². The molecule has 0 heterocycles. The maximum absolute atomic E-state index is 11.1. The summed E-state index contributed by atoms with van der Waals surface area (Å²) < 4.78 is 9.42. The molecule has 0 saturated heterocycles. The van der Waals surface area contributed by atoms with Gasteiger partial charge < -0.3 is 14.8 Å². The molecule has 5 heteroatoms. The van der Waals surface area contributed by atoms with Crippen LogP contribution in [0.2, 0.25) is 0 Å². The molecule has 0 aromatic rings. The molecule has 0 fully saturated rings. The Morgan fingerprint density at radius 3 is 2.53 bits per heavy atom. The first-order valence-corrected chi connectivity index (χ1v) is 5.76.